The quantitative estimate of drug-likeness (QED) is 0.857. The number of hydrogen-bond donors (Lipinski definition) is 1. The summed E-state index contributed by atoms with van der Waals surface area (Å²) in [5, 5.41) is 2.93. The number of hydrogen-bond acceptors (Lipinski definition) is 4. The predicted octanol–water partition coefficient (Wildman–Crippen LogP) is 3.51. The fourth-order valence-electron chi connectivity index (χ4n) is 2.03. The molecule has 0 amide bonds. The highest BCUT2D eigenvalue weighted by Crippen LogP contribution is 2.30. The molecule has 1 aromatic heterocycles. The minimum atomic E-state index is -0.638. The van der Waals surface area contributed by atoms with Crippen LogP contribution in [0.1, 0.15) is 30.6 Å². The highest BCUT2D eigenvalue weighted by molar-refractivity contribution is 6.05. The van der Waals surface area contributed by atoms with Crippen LogP contribution in [0.5, 0.6) is 0 Å². The van der Waals surface area contributed by atoms with Crippen LogP contribution in [0.15, 0.2) is 18.3 Å². The highest BCUT2D eigenvalue weighted by Gasteiger charge is 2.20. The van der Waals surface area contributed by atoms with Gasteiger partial charge in [0.25, 0.3) is 0 Å². The molecular weight excluding hydrogens is 278 g/mol. The second-order valence-corrected chi connectivity index (χ2v) is 4.45. The number of nitrogens with zero attached hydrogens (tertiary/aromatic N) is 1. The lowest BCUT2D eigenvalue weighted by Crippen LogP contribution is -2.12. The van der Waals surface area contributed by atoms with Crippen LogP contribution in [0.3, 0.4) is 0 Å². The highest BCUT2D eigenvalue weighted by atomic mass is 19.1. The van der Waals surface area contributed by atoms with E-state index in [1.807, 2.05) is 6.92 Å². The third-order valence-electron chi connectivity index (χ3n) is 2.97. The maximum absolute atomic E-state index is 14.1. The van der Waals surface area contributed by atoms with Crippen molar-refractivity contribution in [2.24, 2.45) is 0 Å². The van der Waals surface area contributed by atoms with Gasteiger partial charge in [-0.2, -0.15) is 0 Å². The topological polar surface area (TPSA) is 51.2 Å². The van der Waals surface area contributed by atoms with E-state index in [0.29, 0.717) is 6.54 Å². The molecule has 1 aromatic carbocycles. The van der Waals surface area contributed by atoms with Gasteiger partial charge >= 0.3 is 5.97 Å². The van der Waals surface area contributed by atoms with Gasteiger partial charge in [-0.05, 0) is 25.5 Å². The van der Waals surface area contributed by atoms with Crippen molar-refractivity contribution in [3.05, 3.63) is 35.5 Å². The molecule has 0 aliphatic rings. The molecule has 0 saturated carbocycles. The lowest BCUT2D eigenvalue weighted by molar-refractivity contribution is 0.0527. The molecule has 21 heavy (non-hydrogen) atoms. The molecule has 1 heterocycles. The van der Waals surface area contributed by atoms with Gasteiger partial charge in [-0.1, -0.05) is 6.92 Å². The third-order valence-corrected chi connectivity index (χ3v) is 2.97. The Morgan fingerprint density at radius 1 is 1.29 bits per heavy atom. The minimum absolute atomic E-state index is 0.0333. The molecule has 0 aliphatic heterocycles. The first-order chi connectivity index (χ1) is 10.1. The van der Waals surface area contributed by atoms with Crippen LogP contribution in [-0.2, 0) is 4.74 Å². The smallest absolute Gasteiger partial charge is 0.341 e. The molecule has 2 rings (SSSR count). The number of aromatic nitrogens is 1. The van der Waals surface area contributed by atoms with Crippen molar-refractivity contribution in [2.45, 2.75) is 20.3 Å². The molecule has 0 aliphatic carbocycles. The zero-order valence-electron chi connectivity index (χ0n) is 11.9. The largest absolute Gasteiger partial charge is 0.462 e. The Balaban J connectivity index is 2.69. The summed E-state index contributed by atoms with van der Waals surface area (Å²) < 4.78 is 32.8. The van der Waals surface area contributed by atoms with Crippen molar-refractivity contribution in [1.82, 2.24) is 4.98 Å². The van der Waals surface area contributed by atoms with Gasteiger partial charge in [0.15, 0.2) is 0 Å². The van der Waals surface area contributed by atoms with E-state index in [-0.39, 0.29) is 28.8 Å². The Morgan fingerprint density at radius 2 is 2.00 bits per heavy atom. The molecule has 0 saturated heterocycles. The van der Waals surface area contributed by atoms with Crippen molar-refractivity contribution in [3.8, 4) is 0 Å². The number of carbonyl (C=O) groups excluding carboxylic acids is 1. The van der Waals surface area contributed by atoms with E-state index >= 15 is 0 Å². The first kappa shape index (κ1) is 15.2. The summed E-state index contributed by atoms with van der Waals surface area (Å²) in [6, 6.07) is 2.03. The number of halogens is 2. The van der Waals surface area contributed by atoms with Gasteiger partial charge < -0.3 is 10.1 Å². The molecule has 0 unspecified atom stereocenters. The minimum Gasteiger partial charge on any atom is -0.462 e. The van der Waals surface area contributed by atoms with Crippen LogP contribution in [0, 0.1) is 11.6 Å². The summed E-state index contributed by atoms with van der Waals surface area (Å²) in [7, 11) is 0. The van der Waals surface area contributed by atoms with Crippen molar-refractivity contribution >= 4 is 22.6 Å². The summed E-state index contributed by atoms with van der Waals surface area (Å²) in [5.41, 5.74) is 0.209. The van der Waals surface area contributed by atoms with E-state index in [1.165, 1.54) is 6.20 Å². The van der Waals surface area contributed by atoms with E-state index in [4.69, 9.17) is 4.74 Å². The molecule has 2 aromatic rings. The predicted molar refractivity (Wildman–Crippen MR) is 76.4 cm³/mol. The average molecular weight is 294 g/mol. The Bertz CT molecular complexity index is 674. The fourth-order valence-corrected chi connectivity index (χ4v) is 2.03. The van der Waals surface area contributed by atoms with Gasteiger partial charge in [0, 0.05) is 12.7 Å². The zero-order valence-corrected chi connectivity index (χ0v) is 11.9. The van der Waals surface area contributed by atoms with E-state index in [2.05, 4.69) is 10.3 Å². The lowest BCUT2D eigenvalue weighted by atomic mass is 10.1. The molecular formula is C15H16F2N2O2. The van der Waals surface area contributed by atoms with E-state index in [0.717, 1.165) is 18.6 Å². The summed E-state index contributed by atoms with van der Waals surface area (Å²) >= 11 is 0. The van der Waals surface area contributed by atoms with Crippen LogP contribution in [0.25, 0.3) is 10.9 Å². The first-order valence-corrected chi connectivity index (χ1v) is 6.77. The lowest BCUT2D eigenvalue weighted by Gasteiger charge is -2.14. The molecule has 112 valence electrons. The summed E-state index contributed by atoms with van der Waals surface area (Å²) in [5.74, 6) is -1.89. The maximum Gasteiger partial charge on any atom is 0.341 e. The van der Waals surface area contributed by atoms with Crippen LogP contribution in [0.4, 0.5) is 14.5 Å². The SMILES string of the molecule is CCCNc1c(C(=O)OCC)cnc2c(F)ccc(F)c12. The molecule has 0 radical (unpaired) electrons. The van der Waals surface area contributed by atoms with Crippen molar-refractivity contribution in [3.63, 3.8) is 0 Å². The van der Waals surface area contributed by atoms with Gasteiger partial charge in [-0.3, -0.25) is 4.98 Å². The molecule has 4 nitrogen and oxygen atoms in total. The number of rotatable bonds is 5. The standard InChI is InChI=1S/C15H16F2N2O2/c1-3-7-18-13-9(15(20)21-4-2)8-19-14-11(17)6-5-10(16)12(13)14/h5-6,8H,3-4,7H2,1-2H3,(H,18,19). The number of nitrogens with one attached hydrogen (secondary N) is 1. The second kappa shape index (κ2) is 6.47. The normalized spacial score (nSPS) is 10.7. The number of pyridine rings is 1. The number of ether oxygens (including phenoxy) is 1. The van der Waals surface area contributed by atoms with Crippen LogP contribution >= 0.6 is 0 Å². The second-order valence-electron chi connectivity index (χ2n) is 4.45. The zero-order chi connectivity index (χ0) is 15.4. The molecule has 0 bridgehead atoms. The molecule has 0 fully saturated rings. The molecule has 1 N–H and O–H groups in total. The van der Waals surface area contributed by atoms with Crippen LogP contribution in [-0.4, -0.2) is 24.1 Å². The maximum atomic E-state index is 14.1. The number of anilines is 1. The Labute approximate surface area is 121 Å². The van der Waals surface area contributed by atoms with Gasteiger partial charge in [-0.25, -0.2) is 13.6 Å². The fraction of sp³-hybridized carbons (Fsp3) is 0.333. The van der Waals surface area contributed by atoms with Gasteiger partial charge in [0.2, 0.25) is 0 Å². The Hall–Kier alpha value is -2.24. The Kier molecular flexibility index (Phi) is 4.67. The van der Waals surface area contributed by atoms with Crippen molar-refractivity contribution in [1.29, 1.82) is 0 Å². The van der Waals surface area contributed by atoms with Gasteiger partial charge in [0.05, 0.1) is 17.7 Å². The number of benzene rings is 1. The summed E-state index contributed by atoms with van der Waals surface area (Å²) in [4.78, 5) is 15.8. The van der Waals surface area contributed by atoms with Gasteiger partial charge in [-0.15, -0.1) is 0 Å². The van der Waals surface area contributed by atoms with Gasteiger partial charge in [0.1, 0.15) is 22.7 Å². The number of fused-ring (bicyclic) bond motifs is 1. The molecule has 0 atom stereocenters. The van der Waals surface area contributed by atoms with E-state index < -0.39 is 17.6 Å². The molecule has 0 spiro atoms. The third kappa shape index (κ3) is 2.94. The van der Waals surface area contributed by atoms with Crippen LogP contribution in [0.2, 0.25) is 0 Å². The van der Waals surface area contributed by atoms with E-state index in [9.17, 15) is 13.6 Å². The first-order valence-electron chi connectivity index (χ1n) is 6.77. The molecule has 6 heteroatoms. The van der Waals surface area contributed by atoms with E-state index in [1.54, 1.807) is 6.92 Å². The monoisotopic (exact) mass is 294 g/mol. The number of carbonyl (C=O) groups is 1. The number of esters is 1. The average Bonchev–Trinajstić information content (AvgIpc) is 2.48. The van der Waals surface area contributed by atoms with Crippen molar-refractivity contribution in [2.75, 3.05) is 18.5 Å². The summed E-state index contributed by atoms with van der Waals surface area (Å²) in [6.45, 7) is 4.31. The van der Waals surface area contributed by atoms with Crippen molar-refractivity contribution < 1.29 is 18.3 Å². The van der Waals surface area contributed by atoms with Crippen LogP contribution < -0.4 is 5.32 Å². The summed E-state index contributed by atoms with van der Waals surface area (Å²) in [6.07, 6.45) is 1.98. The Morgan fingerprint density at radius 3 is 2.67 bits per heavy atom.